The van der Waals surface area contributed by atoms with Gasteiger partial charge in [0.05, 0.1) is 17.2 Å². The third-order valence-corrected chi connectivity index (χ3v) is 3.18. The number of hydrogen-bond acceptors (Lipinski definition) is 4. The summed E-state index contributed by atoms with van der Waals surface area (Å²) in [7, 11) is 0. The minimum Gasteiger partial charge on any atom is -0.478 e. The highest BCUT2D eigenvalue weighted by atomic mass is 16.4. The number of aliphatic hydroxyl groups excluding tert-OH is 1. The van der Waals surface area contributed by atoms with Gasteiger partial charge >= 0.3 is 5.97 Å². The van der Waals surface area contributed by atoms with Crippen LogP contribution in [0.25, 0.3) is 0 Å². The normalized spacial score (nSPS) is 13.4. The fraction of sp³-hybridized carbons (Fsp3) is 0.571. The minimum atomic E-state index is -0.984. The summed E-state index contributed by atoms with van der Waals surface area (Å²) in [6.07, 6.45) is -0.592. The maximum atomic E-state index is 11.1. The van der Waals surface area contributed by atoms with Crippen LogP contribution in [-0.2, 0) is 0 Å². The Kier molecular flexibility index (Phi) is 4.52. The molecule has 3 N–H and O–H groups in total. The summed E-state index contributed by atoms with van der Waals surface area (Å²) in [5.74, 6) is -0.383. The number of carbonyl (C=O) groups is 1. The lowest BCUT2D eigenvalue weighted by molar-refractivity contribution is 0.0696. The molecule has 1 rings (SSSR count). The van der Waals surface area contributed by atoms with Crippen molar-refractivity contribution in [1.82, 2.24) is 4.98 Å². The first kappa shape index (κ1) is 15.4. The molecule has 0 saturated carbocycles. The first-order chi connectivity index (χ1) is 8.63. The molecular weight excluding hydrogens is 244 g/mol. The fourth-order valence-corrected chi connectivity index (χ4v) is 1.47. The van der Waals surface area contributed by atoms with Crippen LogP contribution in [0.4, 0.5) is 5.82 Å². The molecule has 1 aromatic rings. The maximum absolute atomic E-state index is 11.1. The van der Waals surface area contributed by atoms with Gasteiger partial charge in [0.2, 0.25) is 0 Å². The Morgan fingerprint density at radius 1 is 1.32 bits per heavy atom. The van der Waals surface area contributed by atoms with Gasteiger partial charge in [-0.3, -0.25) is 0 Å². The highest BCUT2D eigenvalue weighted by molar-refractivity contribution is 5.88. The van der Waals surface area contributed by atoms with Gasteiger partial charge in [0.1, 0.15) is 5.82 Å². The van der Waals surface area contributed by atoms with E-state index in [9.17, 15) is 9.90 Å². The number of nitrogens with zero attached hydrogens (tertiary/aromatic N) is 1. The topological polar surface area (TPSA) is 82.5 Å². The molecule has 0 radical (unpaired) electrons. The molecule has 0 aromatic carbocycles. The van der Waals surface area contributed by atoms with Crippen molar-refractivity contribution < 1.29 is 15.0 Å². The van der Waals surface area contributed by atoms with E-state index in [0.717, 1.165) is 0 Å². The quantitative estimate of drug-likeness (QED) is 0.762. The molecule has 0 saturated heterocycles. The van der Waals surface area contributed by atoms with Crippen LogP contribution in [0, 0.1) is 0 Å². The van der Waals surface area contributed by atoms with E-state index in [1.807, 2.05) is 27.7 Å². The highest BCUT2D eigenvalue weighted by Gasteiger charge is 2.25. The van der Waals surface area contributed by atoms with Crippen molar-refractivity contribution in [3.8, 4) is 0 Å². The van der Waals surface area contributed by atoms with Crippen LogP contribution in [-0.4, -0.2) is 32.8 Å². The number of aromatic nitrogens is 1. The van der Waals surface area contributed by atoms with E-state index in [4.69, 9.17) is 5.11 Å². The van der Waals surface area contributed by atoms with Crippen molar-refractivity contribution in [3.63, 3.8) is 0 Å². The van der Waals surface area contributed by atoms with Crippen molar-refractivity contribution in [3.05, 3.63) is 23.4 Å². The van der Waals surface area contributed by atoms with E-state index >= 15 is 0 Å². The Balaban J connectivity index is 3.17. The summed E-state index contributed by atoms with van der Waals surface area (Å²) in [5.41, 5.74) is 0.324. The molecule has 19 heavy (non-hydrogen) atoms. The van der Waals surface area contributed by atoms with E-state index in [-0.39, 0.29) is 11.5 Å². The molecular formula is C14H22N2O3. The lowest BCUT2D eigenvalue weighted by Gasteiger charge is -2.30. The number of hydrogen-bond donors (Lipinski definition) is 3. The second-order valence-electron chi connectivity index (χ2n) is 5.65. The number of pyridine rings is 1. The molecule has 0 aliphatic carbocycles. The number of anilines is 1. The first-order valence-electron chi connectivity index (χ1n) is 6.35. The molecule has 1 atom stereocenters. The van der Waals surface area contributed by atoms with Crippen molar-refractivity contribution in [2.24, 2.45) is 0 Å². The summed E-state index contributed by atoms with van der Waals surface area (Å²) in [6.45, 7) is 9.26. The van der Waals surface area contributed by atoms with E-state index in [0.29, 0.717) is 11.5 Å². The second-order valence-corrected chi connectivity index (χ2v) is 5.65. The number of aromatic carboxylic acids is 1. The van der Waals surface area contributed by atoms with Crippen LogP contribution in [0.15, 0.2) is 12.1 Å². The second kappa shape index (κ2) is 5.57. The summed E-state index contributed by atoms with van der Waals surface area (Å²) in [5, 5.41) is 21.9. The Morgan fingerprint density at radius 3 is 2.32 bits per heavy atom. The zero-order valence-electron chi connectivity index (χ0n) is 12.1. The van der Waals surface area contributed by atoms with E-state index in [2.05, 4.69) is 10.3 Å². The van der Waals surface area contributed by atoms with Gasteiger partial charge in [-0.15, -0.1) is 0 Å². The highest BCUT2D eigenvalue weighted by Crippen LogP contribution is 2.21. The summed E-state index contributed by atoms with van der Waals surface area (Å²) >= 11 is 0. The van der Waals surface area contributed by atoms with Crippen LogP contribution >= 0.6 is 0 Å². The SMILES string of the molecule is CC(C)c1cc(C(=O)O)cc(NC(C)(C)C(C)O)n1. The number of carboxylic acids is 1. The van der Waals surface area contributed by atoms with Gasteiger partial charge in [0.15, 0.2) is 0 Å². The Bertz CT molecular complexity index is 468. The van der Waals surface area contributed by atoms with Gasteiger partial charge in [-0.05, 0) is 38.8 Å². The Labute approximate surface area is 113 Å². The lowest BCUT2D eigenvalue weighted by atomic mass is 9.98. The molecule has 0 fully saturated rings. The Hall–Kier alpha value is -1.62. The predicted molar refractivity (Wildman–Crippen MR) is 74.7 cm³/mol. The average Bonchev–Trinajstić information content (AvgIpc) is 2.27. The molecule has 1 heterocycles. The Morgan fingerprint density at radius 2 is 1.89 bits per heavy atom. The van der Waals surface area contributed by atoms with Crippen LogP contribution in [0.1, 0.15) is 56.6 Å². The summed E-state index contributed by atoms with van der Waals surface area (Å²) in [6, 6.07) is 3.06. The average molecular weight is 266 g/mol. The molecule has 0 spiro atoms. The third-order valence-electron chi connectivity index (χ3n) is 3.18. The van der Waals surface area contributed by atoms with Gasteiger partial charge in [0.25, 0.3) is 0 Å². The molecule has 5 nitrogen and oxygen atoms in total. The predicted octanol–water partition coefficient (Wildman–Crippen LogP) is 2.47. The lowest BCUT2D eigenvalue weighted by Crippen LogP contribution is -2.42. The minimum absolute atomic E-state index is 0.134. The molecule has 0 aliphatic heterocycles. The van der Waals surface area contributed by atoms with E-state index in [1.165, 1.54) is 6.07 Å². The monoisotopic (exact) mass is 266 g/mol. The zero-order valence-corrected chi connectivity index (χ0v) is 12.1. The van der Waals surface area contributed by atoms with Crippen LogP contribution in [0.5, 0.6) is 0 Å². The van der Waals surface area contributed by atoms with E-state index in [1.54, 1.807) is 13.0 Å². The smallest absolute Gasteiger partial charge is 0.335 e. The van der Waals surface area contributed by atoms with Gasteiger partial charge in [-0.25, -0.2) is 9.78 Å². The summed E-state index contributed by atoms with van der Waals surface area (Å²) < 4.78 is 0. The molecule has 0 bridgehead atoms. The van der Waals surface area contributed by atoms with Crippen LogP contribution in [0.2, 0.25) is 0 Å². The van der Waals surface area contributed by atoms with Crippen molar-refractivity contribution in [2.45, 2.75) is 52.2 Å². The molecule has 5 heteroatoms. The molecule has 0 aliphatic rings. The van der Waals surface area contributed by atoms with Gasteiger partial charge in [-0.2, -0.15) is 0 Å². The van der Waals surface area contributed by atoms with Crippen molar-refractivity contribution >= 4 is 11.8 Å². The first-order valence-corrected chi connectivity index (χ1v) is 6.35. The number of carboxylic acid groups (broad SMARTS) is 1. The molecule has 106 valence electrons. The number of aliphatic hydroxyl groups is 1. The van der Waals surface area contributed by atoms with Gasteiger partial charge in [-0.1, -0.05) is 13.8 Å². The number of rotatable bonds is 5. The van der Waals surface area contributed by atoms with Gasteiger partial charge in [0, 0.05) is 5.69 Å². The maximum Gasteiger partial charge on any atom is 0.335 e. The van der Waals surface area contributed by atoms with Crippen LogP contribution < -0.4 is 5.32 Å². The molecule has 1 aromatic heterocycles. The van der Waals surface area contributed by atoms with Gasteiger partial charge < -0.3 is 15.5 Å². The largest absolute Gasteiger partial charge is 0.478 e. The fourth-order valence-electron chi connectivity index (χ4n) is 1.47. The summed E-state index contributed by atoms with van der Waals surface area (Å²) in [4.78, 5) is 15.5. The zero-order chi connectivity index (χ0) is 14.8. The third kappa shape index (κ3) is 3.92. The molecule has 0 amide bonds. The van der Waals surface area contributed by atoms with Crippen LogP contribution in [0.3, 0.4) is 0 Å². The van der Waals surface area contributed by atoms with E-state index < -0.39 is 17.6 Å². The molecule has 1 unspecified atom stereocenters. The number of nitrogens with one attached hydrogen (secondary N) is 1. The van der Waals surface area contributed by atoms with Crippen molar-refractivity contribution in [1.29, 1.82) is 0 Å². The van der Waals surface area contributed by atoms with Crippen molar-refractivity contribution in [2.75, 3.05) is 5.32 Å². The standard InChI is InChI=1S/C14H22N2O3/c1-8(2)11-6-10(13(18)19)7-12(15-11)16-14(4,5)9(3)17/h6-9,17H,1-5H3,(H,15,16)(H,18,19).